The van der Waals surface area contributed by atoms with Crippen LogP contribution in [0.25, 0.3) is 0 Å². The fraction of sp³-hybridized carbons (Fsp3) is 0.188. The molecule has 0 aromatic heterocycles. The molecule has 0 radical (unpaired) electrons. The largest absolute Gasteiger partial charge is 0.321 e. The molecule has 0 saturated carbocycles. The third-order valence-corrected chi connectivity index (χ3v) is 3.42. The monoisotopic (exact) mass is 287 g/mol. The smallest absolute Gasteiger partial charge is 0.260 e. The summed E-state index contributed by atoms with van der Waals surface area (Å²) in [4.78, 5) is 14.0. The van der Waals surface area contributed by atoms with Crippen molar-refractivity contribution < 1.29 is 9.18 Å². The highest BCUT2D eigenvalue weighted by Gasteiger charge is 2.19. The van der Waals surface area contributed by atoms with Crippen LogP contribution in [0.1, 0.15) is 22.8 Å². The number of benzene rings is 2. The van der Waals surface area contributed by atoms with E-state index in [1.807, 2.05) is 24.3 Å². The summed E-state index contributed by atoms with van der Waals surface area (Å²) in [5.41, 5.74) is 4.37. The molecule has 1 amide bonds. The van der Waals surface area contributed by atoms with E-state index >= 15 is 0 Å². The quantitative estimate of drug-likeness (QED) is 0.671. The highest BCUT2D eigenvalue weighted by molar-refractivity contribution is 6.09. The lowest BCUT2D eigenvalue weighted by Crippen LogP contribution is -2.28. The summed E-state index contributed by atoms with van der Waals surface area (Å²) in [6.07, 6.45) is 0.934. The molecule has 0 aliphatic heterocycles. The minimum absolute atomic E-state index is 0.000437. The molecule has 0 heterocycles. The van der Waals surface area contributed by atoms with Crippen molar-refractivity contribution >= 4 is 17.3 Å². The fourth-order valence-corrected chi connectivity index (χ4v) is 2.10. The summed E-state index contributed by atoms with van der Waals surface area (Å²) in [6, 6.07) is 11.9. The number of nitrogens with two attached hydrogens (primary N) is 1. The number of nitrogen functional groups attached to an aromatic ring is 1. The Bertz CT molecular complexity index is 640. The van der Waals surface area contributed by atoms with Gasteiger partial charge in [0.1, 0.15) is 5.82 Å². The summed E-state index contributed by atoms with van der Waals surface area (Å²) in [5, 5.41) is 0. The van der Waals surface area contributed by atoms with Crippen LogP contribution in [0, 0.1) is 5.82 Å². The lowest BCUT2D eigenvalue weighted by molar-refractivity contribution is 0.0993. The van der Waals surface area contributed by atoms with Crippen molar-refractivity contribution in [1.29, 1.82) is 0 Å². The van der Waals surface area contributed by atoms with Crippen LogP contribution in [0.15, 0.2) is 42.5 Å². The van der Waals surface area contributed by atoms with Crippen molar-refractivity contribution in [1.82, 2.24) is 0 Å². The average Bonchev–Trinajstić information content (AvgIpc) is 2.53. The van der Waals surface area contributed by atoms with E-state index in [9.17, 15) is 9.18 Å². The number of hydrogen-bond donors (Lipinski definition) is 2. The van der Waals surface area contributed by atoms with Gasteiger partial charge in [0.15, 0.2) is 0 Å². The lowest BCUT2D eigenvalue weighted by atomic mass is 10.1. The normalized spacial score (nSPS) is 10.3. The maximum absolute atomic E-state index is 13.7. The van der Waals surface area contributed by atoms with E-state index in [1.165, 1.54) is 28.7 Å². The zero-order valence-corrected chi connectivity index (χ0v) is 12.1. The van der Waals surface area contributed by atoms with E-state index < -0.39 is 5.82 Å². The van der Waals surface area contributed by atoms with Gasteiger partial charge in [-0.25, -0.2) is 4.39 Å². The van der Waals surface area contributed by atoms with Crippen LogP contribution in [0.3, 0.4) is 0 Å². The SMILES string of the molecule is CCc1ccc(N(C)C(=O)c2cccc(F)c2NN)cc1. The number of nitrogens with one attached hydrogen (secondary N) is 1. The standard InChI is InChI=1S/C16H18FN3O/c1-3-11-7-9-12(10-8-11)20(2)16(21)13-5-4-6-14(17)15(13)19-18/h4-10,19H,3,18H2,1-2H3. The van der Waals surface area contributed by atoms with Gasteiger partial charge in [0.05, 0.1) is 11.3 Å². The van der Waals surface area contributed by atoms with Crippen LogP contribution in [-0.4, -0.2) is 13.0 Å². The Morgan fingerprint density at radius 2 is 1.90 bits per heavy atom. The minimum Gasteiger partial charge on any atom is -0.321 e. The molecular weight excluding hydrogens is 269 g/mol. The molecule has 0 unspecified atom stereocenters. The Balaban J connectivity index is 2.32. The summed E-state index contributed by atoms with van der Waals surface area (Å²) in [7, 11) is 1.65. The molecule has 4 nitrogen and oxygen atoms in total. The van der Waals surface area contributed by atoms with E-state index in [4.69, 9.17) is 5.84 Å². The number of anilines is 2. The number of aryl methyl sites for hydroxylation is 1. The van der Waals surface area contributed by atoms with Gasteiger partial charge in [-0.2, -0.15) is 0 Å². The Morgan fingerprint density at radius 1 is 1.24 bits per heavy atom. The molecule has 0 atom stereocenters. The molecular formula is C16H18FN3O. The summed E-state index contributed by atoms with van der Waals surface area (Å²) in [5.74, 6) is 4.42. The van der Waals surface area contributed by atoms with Gasteiger partial charge in [0.25, 0.3) is 5.91 Å². The average molecular weight is 287 g/mol. The molecule has 2 rings (SSSR count). The molecule has 5 heteroatoms. The predicted octanol–water partition coefficient (Wildman–Crippen LogP) is 2.95. The van der Waals surface area contributed by atoms with Gasteiger partial charge >= 0.3 is 0 Å². The van der Waals surface area contributed by atoms with Crippen LogP contribution in [0.2, 0.25) is 0 Å². The van der Waals surface area contributed by atoms with E-state index in [0.29, 0.717) is 0 Å². The van der Waals surface area contributed by atoms with Crippen molar-refractivity contribution in [3.8, 4) is 0 Å². The van der Waals surface area contributed by atoms with E-state index in [0.717, 1.165) is 12.1 Å². The van der Waals surface area contributed by atoms with Crippen molar-refractivity contribution in [2.45, 2.75) is 13.3 Å². The third-order valence-electron chi connectivity index (χ3n) is 3.42. The highest BCUT2D eigenvalue weighted by Crippen LogP contribution is 2.23. The van der Waals surface area contributed by atoms with Gasteiger partial charge in [-0.15, -0.1) is 0 Å². The zero-order valence-electron chi connectivity index (χ0n) is 12.1. The molecule has 0 bridgehead atoms. The lowest BCUT2D eigenvalue weighted by Gasteiger charge is -2.19. The number of rotatable bonds is 4. The molecule has 0 saturated heterocycles. The van der Waals surface area contributed by atoms with Gasteiger partial charge in [-0.1, -0.05) is 25.1 Å². The first-order chi connectivity index (χ1) is 10.1. The first kappa shape index (κ1) is 15.0. The molecule has 0 fully saturated rings. The number of carbonyl (C=O) groups is 1. The van der Waals surface area contributed by atoms with Gasteiger partial charge < -0.3 is 10.3 Å². The molecule has 0 aliphatic rings. The van der Waals surface area contributed by atoms with Crippen LogP contribution < -0.4 is 16.2 Å². The number of nitrogens with zero attached hydrogens (tertiary/aromatic N) is 1. The number of hydrazine groups is 1. The maximum Gasteiger partial charge on any atom is 0.260 e. The molecule has 3 N–H and O–H groups in total. The molecule has 21 heavy (non-hydrogen) atoms. The van der Waals surface area contributed by atoms with Crippen molar-refractivity contribution in [3.05, 3.63) is 59.4 Å². The second-order valence-electron chi connectivity index (χ2n) is 4.69. The number of para-hydroxylation sites is 1. The third kappa shape index (κ3) is 3.03. The molecule has 2 aromatic rings. The predicted molar refractivity (Wildman–Crippen MR) is 82.8 cm³/mol. The Morgan fingerprint density at radius 3 is 2.48 bits per heavy atom. The van der Waals surface area contributed by atoms with E-state index in [2.05, 4.69) is 12.3 Å². The first-order valence-electron chi connectivity index (χ1n) is 6.70. The van der Waals surface area contributed by atoms with Crippen molar-refractivity contribution in [2.24, 2.45) is 5.84 Å². The maximum atomic E-state index is 13.7. The summed E-state index contributed by atoms with van der Waals surface area (Å²) < 4.78 is 13.7. The molecule has 2 aromatic carbocycles. The van der Waals surface area contributed by atoms with Crippen LogP contribution in [0.5, 0.6) is 0 Å². The number of amides is 1. The Labute approximate surface area is 123 Å². The van der Waals surface area contributed by atoms with E-state index in [1.54, 1.807) is 7.05 Å². The van der Waals surface area contributed by atoms with Crippen molar-refractivity contribution in [2.75, 3.05) is 17.4 Å². The van der Waals surface area contributed by atoms with Gasteiger partial charge in [-0.05, 0) is 36.2 Å². The molecule has 110 valence electrons. The van der Waals surface area contributed by atoms with Crippen LogP contribution in [0.4, 0.5) is 15.8 Å². The summed E-state index contributed by atoms with van der Waals surface area (Å²) >= 11 is 0. The number of carbonyl (C=O) groups excluding carboxylic acids is 1. The fourth-order valence-electron chi connectivity index (χ4n) is 2.10. The minimum atomic E-state index is -0.557. The molecule has 0 aliphatic carbocycles. The Kier molecular flexibility index (Phi) is 4.55. The van der Waals surface area contributed by atoms with Crippen LogP contribution in [-0.2, 0) is 6.42 Å². The summed E-state index contributed by atoms with van der Waals surface area (Å²) in [6.45, 7) is 2.07. The number of halogens is 1. The topological polar surface area (TPSA) is 58.4 Å². The van der Waals surface area contributed by atoms with E-state index in [-0.39, 0.29) is 17.2 Å². The van der Waals surface area contributed by atoms with Gasteiger partial charge in [-0.3, -0.25) is 10.6 Å². The van der Waals surface area contributed by atoms with Crippen LogP contribution >= 0.6 is 0 Å². The zero-order chi connectivity index (χ0) is 15.4. The second kappa shape index (κ2) is 6.37. The molecule has 0 spiro atoms. The Hall–Kier alpha value is -2.40. The second-order valence-corrected chi connectivity index (χ2v) is 4.69. The van der Waals surface area contributed by atoms with Gasteiger partial charge in [0.2, 0.25) is 0 Å². The van der Waals surface area contributed by atoms with Crippen molar-refractivity contribution in [3.63, 3.8) is 0 Å². The van der Waals surface area contributed by atoms with Gasteiger partial charge in [0, 0.05) is 12.7 Å². The highest BCUT2D eigenvalue weighted by atomic mass is 19.1. The number of hydrogen-bond acceptors (Lipinski definition) is 3. The first-order valence-corrected chi connectivity index (χ1v) is 6.70.